The summed E-state index contributed by atoms with van der Waals surface area (Å²) in [7, 11) is 0. The van der Waals surface area contributed by atoms with E-state index < -0.39 is 0 Å². The summed E-state index contributed by atoms with van der Waals surface area (Å²) in [6.07, 6.45) is 3.98. The normalized spacial score (nSPS) is 19.9. The van der Waals surface area contributed by atoms with Gasteiger partial charge in [-0.05, 0) is 24.5 Å². The van der Waals surface area contributed by atoms with Crippen LogP contribution in [-0.4, -0.2) is 25.7 Å². The molecule has 1 fully saturated rings. The summed E-state index contributed by atoms with van der Waals surface area (Å²) in [5, 5.41) is 2.89. The van der Waals surface area contributed by atoms with Gasteiger partial charge < -0.3 is 14.5 Å². The van der Waals surface area contributed by atoms with Crippen molar-refractivity contribution >= 4 is 5.91 Å². The zero-order valence-electron chi connectivity index (χ0n) is 9.28. The highest BCUT2D eigenvalue weighted by molar-refractivity contribution is 5.76. The average molecular weight is 223 g/mol. The molecule has 4 heteroatoms. The number of ether oxygens (including phenoxy) is 1. The molecular weight excluding hydrogens is 206 g/mol. The second kappa shape index (κ2) is 5.70. The lowest BCUT2D eigenvalue weighted by Crippen LogP contribution is -2.27. The van der Waals surface area contributed by atoms with E-state index in [-0.39, 0.29) is 5.91 Å². The molecule has 1 aliphatic rings. The van der Waals surface area contributed by atoms with Crippen LogP contribution in [0.1, 0.15) is 18.6 Å². The Labute approximate surface area is 95.0 Å². The fraction of sp³-hybridized carbons (Fsp3) is 0.583. The standard InChI is InChI=1S/C12H17NO3/c14-12(8-10-4-7-15-9-10)13-5-3-11-2-1-6-16-11/h1-2,6,10H,3-5,7-9H2,(H,13,14)/t10-/m1/s1. The number of carbonyl (C=O) groups is 1. The Morgan fingerprint density at radius 3 is 3.19 bits per heavy atom. The molecule has 1 saturated heterocycles. The SMILES string of the molecule is O=C(C[C@H]1CCOC1)NCCc1ccco1. The van der Waals surface area contributed by atoms with Crippen LogP contribution < -0.4 is 5.32 Å². The summed E-state index contributed by atoms with van der Waals surface area (Å²) >= 11 is 0. The molecule has 2 rings (SSSR count). The van der Waals surface area contributed by atoms with Gasteiger partial charge in [-0.1, -0.05) is 0 Å². The highest BCUT2D eigenvalue weighted by Crippen LogP contribution is 2.15. The Kier molecular flexibility index (Phi) is 3.99. The van der Waals surface area contributed by atoms with Crippen molar-refractivity contribution in [1.29, 1.82) is 0 Å². The topological polar surface area (TPSA) is 51.5 Å². The van der Waals surface area contributed by atoms with Gasteiger partial charge in [0.15, 0.2) is 0 Å². The van der Waals surface area contributed by atoms with E-state index in [0.29, 0.717) is 18.9 Å². The van der Waals surface area contributed by atoms with E-state index in [4.69, 9.17) is 9.15 Å². The average Bonchev–Trinajstić information content (AvgIpc) is 2.90. The molecule has 1 atom stereocenters. The number of rotatable bonds is 5. The van der Waals surface area contributed by atoms with Crippen molar-refractivity contribution in [2.75, 3.05) is 19.8 Å². The lowest BCUT2D eigenvalue weighted by atomic mass is 10.1. The first-order chi connectivity index (χ1) is 7.84. The number of amides is 1. The molecule has 0 aromatic carbocycles. The van der Waals surface area contributed by atoms with Gasteiger partial charge in [0.25, 0.3) is 0 Å². The van der Waals surface area contributed by atoms with Crippen LogP contribution in [0.5, 0.6) is 0 Å². The van der Waals surface area contributed by atoms with Crippen LogP contribution in [0.15, 0.2) is 22.8 Å². The summed E-state index contributed by atoms with van der Waals surface area (Å²) in [5.74, 6) is 1.43. The maximum atomic E-state index is 11.5. The Morgan fingerprint density at radius 2 is 2.50 bits per heavy atom. The van der Waals surface area contributed by atoms with Gasteiger partial charge in [0, 0.05) is 32.6 Å². The molecule has 1 amide bonds. The molecular formula is C12H17NO3. The molecule has 2 heterocycles. The Bertz CT molecular complexity index is 315. The molecule has 0 aliphatic carbocycles. The number of hydrogen-bond donors (Lipinski definition) is 1. The predicted octanol–water partition coefficient (Wildman–Crippen LogP) is 1.36. The maximum absolute atomic E-state index is 11.5. The number of furan rings is 1. The highest BCUT2D eigenvalue weighted by atomic mass is 16.5. The molecule has 88 valence electrons. The first-order valence-electron chi connectivity index (χ1n) is 5.71. The van der Waals surface area contributed by atoms with Crippen LogP contribution in [-0.2, 0) is 16.0 Å². The first kappa shape index (κ1) is 11.2. The summed E-state index contributed by atoms with van der Waals surface area (Å²) < 4.78 is 10.4. The highest BCUT2D eigenvalue weighted by Gasteiger charge is 2.18. The Morgan fingerprint density at radius 1 is 1.56 bits per heavy atom. The summed E-state index contributed by atoms with van der Waals surface area (Å²) in [6, 6.07) is 3.77. The number of carbonyl (C=O) groups excluding carboxylic acids is 1. The molecule has 1 aromatic heterocycles. The monoisotopic (exact) mass is 223 g/mol. The van der Waals surface area contributed by atoms with Gasteiger partial charge in [-0.2, -0.15) is 0 Å². The van der Waals surface area contributed by atoms with Gasteiger partial charge in [0.05, 0.1) is 6.26 Å². The molecule has 4 nitrogen and oxygen atoms in total. The van der Waals surface area contributed by atoms with Crippen LogP contribution in [0, 0.1) is 5.92 Å². The van der Waals surface area contributed by atoms with Gasteiger partial charge in [0.1, 0.15) is 5.76 Å². The third kappa shape index (κ3) is 3.38. The van der Waals surface area contributed by atoms with E-state index in [1.807, 2.05) is 12.1 Å². The van der Waals surface area contributed by atoms with E-state index in [0.717, 1.165) is 31.8 Å². The zero-order valence-corrected chi connectivity index (χ0v) is 9.28. The van der Waals surface area contributed by atoms with Crippen molar-refractivity contribution in [1.82, 2.24) is 5.32 Å². The molecule has 1 aromatic rings. The molecule has 1 aliphatic heterocycles. The Hall–Kier alpha value is -1.29. The van der Waals surface area contributed by atoms with Crippen LogP contribution in [0.3, 0.4) is 0 Å². The van der Waals surface area contributed by atoms with Crippen molar-refractivity contribution in [2.45, 2.75) is 19.3 Å². The minimum atomic E-state index is 0.113. The number of nitrogens with one attached hydrogen (secondary N) is 1. The lowest BCUT2D eigenvalue weighted by Gasteiger charge is -2.07. The molecule has 0 spiro atoms. The fourth-order valence-corrected chi connectivity index (χ4v) is 1.86. The molecule has 0 bridgehead atoms. The smallest absolute Gasteiger partial charge is 0.220 e. The molecule has 0 unspecified atom stereocenters. The van der Waals surface area contributed by atoms with Crippen LogP contribution in [0.25, 0.3) is 0 Å². The van der Waals surface area contributed by atoms with Crippen LogP contribution >= 0.6 is 0 Å². The van der Waals surface area contributed by atoms with E-state index in [2.05, 4.69) is 5.32 Å². The van der Waals surface area contributed by atoms with E-state index in [9.17, 15) is 4.79 Å². The van der Waals surface area contributed by atoms with Gasteiger partial charge in [0.2, 0.25) is 5.91 Å². The van der Waals surface area contributed by atoms with E-state index in [1.165, 1.54) is 0 Å². The summed E-state index contributed by atoms with van der Waals surface area (Å²) in [6.45, 7) is 2.16. The largest absolute Gasteiger partial charge is 0.469 e. The fourth-order valence-electron chi connectivity index (χ4n) is 1.86. The van der Waals surface area contributed by atoms with Crippen LogP contribution in [0.2, 0.25) is 0 Å². The van der Waals surface area contributed by atoms with Gasteiger partial charge in [-0.3, -0.25) is 4.79 Å². The van der Waals surface area contributed by atoms with Crippen molar-refractivity contribution in [3.8, 4) is 0 Å². The lowest BCUT2D eigenvalue weighted by molar-refractivity contribution is -0.122. The number of hydrogen-bond acceptors (Lipinski definition) is 3. The first-order valence-corrected chi connectivity index (χ1v) is 5.71. The van der Waals surface area contributed by atoms with Crippen molar-refractivity contribution in [3.63, 3.8) is 0 Å². The molecule has 1 N–H and O–H groups in total. The molecule has 16 heavy (non-hydrogen) atoms. The summed E-state index contributed by atoms with van der Waals surface area (Å²) in [5.41, 5.74) is 0. The predicted molar refractivity (Wildman–Crippen MR) is 59.0 cm³/mol. The van der Waals surface area contributed by atoms with Crippen LogP contribution in [0.4, 0.5) is 0 Å². The van der Waals surface area contributed by atoms with Gasteiger partial charge in [-0.25, -0.2) is 0 Å². The van der Waals surface area contributed by atoms with Crippen molar-refractivity contribution < 1.29 is 13.9 Å². The Balaban J connectivity index is 1.60. The minimum absolute atomic E-state index is 0.113. The summed E-state index contributed by atoms with van der Waals surface area (Å²) in [4.78, 5) is 11.5. The molecule has 0 radical (unpaired) electrons. The third-order valence-electron chi connectivity index (χ3n) is 2.77. The van der Waals surface area contributed by atoms with E-state index >= 15 is 0 Å². The quantitative estimate of drug-likeness (QED) is 0.820. The van der Waals surface area contributed by atoms with Gasteiger partial charge in [-0.15, -0.1) is 0 Å². The third-order valence-corrected chi connectivity index (χ3v) is 2.77. The van der Waals surface area contributed by atoms with E-state index in [1.54, 1.807) is 6.26 Å². The second-order valence-electron chi connectivity index (χ2n) is 4.11. The maximum Gasteiger partial charge on any atom is 0.220 e. The van der Waals surface area contributed by atoms with Crippen molar-refractivity contribution in [2.24, 2.45) is 5.92 Å². The second-order valence-corrected chi connectivity index (χ2v) is 4.11. The molecule has 0 saturated carbocycles. The van der Waals surface area contributed by atoms with Crippen molar-refractivity contribution in [3.05, 3.63) is 24.2 Å². The minimum Gasteiger partial charge on any atom is -0.469 e. The zero-order chi connectivity index (χ0) is 11.2. The van der Waals surface area contributed by atoms with Gasteiger partial charge >= 0.3 is 0 Å².